The van der Waals surface area contributed by atoms with Crippen molar-refractivity contribution in [3.63, 3.8) is 0 Å². The van der Waals surface area contributed by atoms with E-state index in [1.54, 1.807) is 0 Å². The summed E-state index contributed by atoms with van der Waals surface area (Å²) in [5.41, 5.74) is 0. The van der Waals surface area contributed by atoms with Crippen LogP contribution in [0.3, 0.4) is 0 Å². The largest absolute Gasteiger partial charge is 0.218 e. The molecule has 0 aliphatic heterocycles. The Morgan fingerprint density at radius 3 is 2.07 bits per heavy atom. The van der Waals surface area contributed by atoms with Gasteiger partial charge in [-0.05, 0) is 25.8 Å². The molecule has 1 aliphatic rings. The topological polar surface area (TPSA) is 46.2 Å². The highest BCUT2D eigenvalue weighted by Crippen LogP contribution is 2.23. The molecule has 0 aromatic heterocycles. The van der Waals surface area contributed by atoms with E-state index in [0.717, 1.165) is 12.8 Å². The normalized spacial score (nSPS) is 21.5. The highest BCUT2D eigenvalue weighted by Gasteiger charge is 2.18. The van der Waals surface area contributed by atoms with Crippen LogP contribution in [0.15, 0.2) is 0 Å². The van der Waals surface area contributed by atoms with Gasteiger partial charge >= 0.3 is 0 Å². The van der Waals surface area contributed by atoms with Crippen molar-refractivity contribution < 1.29 is 8.42 Å². The first-order valence-corrected chi connectivity index (χ1v) is 7.20. The number of rotatable bonds is 3. The van der Waals surface area contributed by atoms with Crippen LogP contribution in [0.2, 0.25) is 0 Å². The molecule has 0 amide bonds. The standard InChI is InChI=1S/C10H21NO2S/c1-11-14(12,13)9-10-7-5-3-2-4-6-8-10/h10-11H,2-9H2,1H3. The monoisotopic (exact) mass is 219 g/mol. The van der Waals surface area contributed by atoms with Crippen LogP contribution in [0, 0.1) is 5.92 Å². The van der Waals surface area contributed by atoms with Gasteiger partial charge in [0.25, 0.3) is 0 Å². The molecule has 1 fully saturated rings. The molecule has 0 unspecified atom stereocenters. The van der Waals surface area contributed by atoms with Crippen LogP contribution in [0.25, 0.3) is 0 Å². The second kappa shape index (κ2) is 5.71. The van der Waals surface area contributed by atoms with Crippen LogP contribution in [0.4, 0.5) is 0 Å². The average Bonchev–Trinajstić information content (AvgIpc) is 2.10. The fraction of sp³-hybridized carbons (Fsp3) is 1.00. The molecule has 14 heavy (non-hydrogen) atoms. The first kappa shape index (κ1) is 12.0. The maximum Gasteiger partial charge on any atom is 0.211 e. The summed E-state index contributed by atoms with van der Waals surface area (Å²) in [5, 5.41) is 0. The van der Waals surface area contributed by atoms with Crippen molar-refractivity contribution in [3.05, 3.63) is 0 Å². The maximum atomic E-state index is 11.4. The van der Waals surface area contributed by atoms with Crippen molar-refractivity contribution in [1.29, 1.82) is 0 Å². The maximum absolute atomic E-state index is 11.4. The summed E-state index contributed by atoms with van der Waals surface area (Å²) in [6, 6.07) is 0. The molecular formula is C10H21NO2S. The molecule has 3 nitrogen and oxygen atoms in total. The van der Waals surface area contributed by atoms with Crippen LogP contribution in [0.5, 0.6) is 0 Å². The minimum absolute atomic E-state index is 0.323. The molecule has 84 valence electrons. The predicted molar refractivity (Wildman–Crippen MR) is 58.7 cm³/mol. The molecule has 1 N–H and O–H groups in total. The summed E-state index contributed by atoms with van der Waals surface area (Å²) in [5.74, 6) is 0.705. The Balaban J connectivity index is 2.41. The van der Waals surface area contributed by atoms with Gasteiger partial charge in [0, 0.05) is 0 Å². The van der Waals surface area contributed by atoms with Gasteiger partial charge < -0.3 is 0 Å². The molecule has 1 aliphatic carbocycles. The fourth-order valence-electron chi connectivity index (χ4n) is 2.10. The van der Waals surface area contributed by atoms with Crippen LogP contribution in [0.1, 0.15) is 44.9 Å². The Hall–Kier alpha value is -0.0900. The third-order valence-corrected chi connectivity index (χ3v) is 4.52. The van der Waals surface area contributed by atoms with Gasteiger partial charge in [0.15, 0.2) is 0 Å². The van der Waals surface area contributed by atoms with E-state index >= 15 is 0 Å². The first-order chi connectivity index (χ1) is 6.64. The molecular weight excluding hydrogens is 198 g/mol. The minimum atomic E-state index is -3.00. The number of hydrogen-bond donors (Lipinski definition) is 1. The lowest BCUT2D eigenvalue weighted by molar-refractivity contribution is 0.402. The Morgan fingerprint density at radius 1 is 1.07 bits per heavy atom. The summed E-state index contributed by atoms with van der Waals surface area (Å²) in [7, 11) is -1.50. The van der Waals surface area contributed by atoms with Gasteiger partial charge in [-0.15, -0.1) is 0 Å². The summed E-state index contributed by atoms with van der Waals surface area (Å²) < 4.78 is 25.1. The number of hydrogen-bond acceptors (Lipinski definition) is 2. The third-order valence-electron chi connectivity index (χ3n) is 2.99. The second-order valence-corrected chi connectivity index (χ2v) is 6.17. The molecule has 0 aromatic rings. The number of nitrogens with one attached hydrogen (secondary N) is 1. The molecule has 1 rings (SSSR count). The zero-order valence-corrected chi connectivity index (χ0v) is 9.78. The van der Waals surface area contributed by atoms with E-state index in [1.165, 1.54) is 39.2 Å². The van der Waals surface area contributed by atoms with Gasteiger partial charge in [0.05, 0.1) is 5.75 Å². The average molecular weight is 219 g/mol. The summed E-state index contributed by atoms with van der Waals surface area (Å²) >= 11 is 0. The van der Waals surface area contributed by atoms with Crippen molar-refractivity contribution in [2.45, 2.75) is 44.9 Å². The highest BCUT2D eigenvalue weighted by atomic mass is 32.2. The van der Waals surface area contributed by atoms with E-state index in [9.17, 15) is 8.42 Å². The van der Waals surface area contributed by atoms with E-state index in [1.807, 2.05) is 0 Å². The van der Waals surface area contributed by atoms with Gasteiger partial charge in [-0.25, -0.2) is 13.1 Å². The Bertz CT molecular complexity index is 241. The van der Waals surface area contributed by atoms with Crippen molar-refractivity contribution in [2.24, 2.45) is 5.92 Å². The van der Waals surface area contributed by atoms with Gasteiger partial charge in [-0.3, -0.25) is 0 Å². The first-order valence-electron chi connectivity index (χ1n) is 5.55. The van der Waals surface area contributed by atoms with Gasteiger partial charge in [-0.1, -0.05) is 32.1 Å². The van der Waals surface area contributed by atoms with Crippen LogP contribution >= 0.6 is 0 Å². The van der Waals surface area contributed by atoms with E-state index in [4.69, 9.17) is 0 Å². The number of sulfonamides is 1. The summed E-state index contributed by atoms with van der Waals surface area (Å²) in [6.45, 7) is 0. The fourth-order valence-corrected chi connectivity index (χ4v) is 3.22. The Kier molecular flexibility index (Phi) is 4.89. The second-order valence-electron chi connectivity index (χ2n) is 4.20. The van der Waals surface area contributed by atoms with E-state index < -0.39 is 10.0 Å². The molecule has 0 saturated heterocycles. The van der Waals surface area contributed by atoms with Crippen molar-refractivity contribution in [1.82, 2.24) is 4.72 Å². The SMILES string of the molecule is CNS(=O)(=O)CC1CCCCCCC1. The van der Waals surface area contributed by atoms with E-state index in [2.05, 4.69) is 4.72 Å². The molecule has 1 saturated carbocycles. The lowest BCUT2D eigenvalue weighted by Gasteiger charge is -2.18. The van der Waals surface area contributed by atoms with Gasteiger partial charge in [0.1, 0.15) is 0 Å². The summed E-state index contributed by atoms with van der Waals surface area (Å²) in [6.07, 6.45) is 8.44. The molecule has 0 heterocycles. The zero-order valence-electron chi connectivity index (χ0n) is 8.96. The van der Waals surface area contributed by atoms with Crippen LogP contribution in [-0.4, -0.2) is 21.2 Å². The van der Waals surface area contributed by atoms with Gasteiger partial charge in [-0.2, -0.15) is 0 Å². The smallest absolute Gasteiger partial charge is 0.211 e. The quantitative estimate of drug-likeness (QED) is 0.788. The lowest BCUT2D eigenvalue weighted by Crippen LogP contribution is -2.27. The molecule has 0 radical (unpaired) electrons. The lowest BCUT2D eigenvalue weighted by atomic mass is 9.93. The third kappa shape index (κ3) is 4.42. The molecule has 0 bridgehead atoms. The van der Waals surface area contributed by atoms with Crippen LogP contribution in [-0.2, 0) is 10.0 Å². The predicted octanol–water partition coefficient (Wildman–Crippen LogP) is 1.90. The molecule has 4 heteroatoms. The van der Waals surface area contributed by atoms with Gasteiger partial charge in [0.2, 0.25) is 10.0 Å². The Morgan fingerprint density at radius 2 is 1.57 bits per heavy atom. The molecule has 0 spiro atoms. The molecule has 0 aromatic carbocycles. The molecule has 0 atom stereocenters. The van der Waals surface area contributed by atoms with Crippen molar-refractivity contribution >= 4 is 10.0 Å². The highest BCUT2D eigenvalue weighted by molar-refractivity contribution is 7.89. The Labute approximate surface area is 87.3 Å². The van der Waals surface area contributed by atoms with E-state index in [-0.39, 0.29) is 0 Å². The van der Waals surface area contributed by atoms with Crippen LogP contribution < -0.4 is 4.72 Å². The van der Waals surface area contributed by atoms with E-state index in [0.29, 0.717) is 11.7 Å². The summed E-state index contributed by atoms with van der Waals surface area (Å²) in [4.78, 5) is 0. The van der Waals surface area contributed by atoms with Crippen molar-refractivity contribution in [3.8, 4) is 0 Å². The van der Waals surface area contributed by atoms with Crippen molar-refractivity contribution in [2.75, 3.05) is 12.8 Å². The minimum Gasteiger partial charge on any atom is -0.218 e. The zero-order chi connectivity index (χ0) is 10.4.